The lowest BCUT2D eigenvalue weighted by atomic mass is 9.92. The van der Waals surface area contributed by atoms with Crippen molar-refractivity contribution in [2.75, 3.05) is 0 Å². The number of hydrogen-bond donors (Lipinski definition) is 1. The van der Waals surface area contributed by atoms with Crippen molar-refractivity contribution in [2.24, 2.45) is 0 Å². The third-order valence-corrected chi connectivity index (χ3v) is 4.63. The second-order valence-corrected chi connectivity index (χ2v) is 6.38. The highest BCUT2D eigenvalue weighted by Gasteiger charge is 2.50. The van der Waals surface area contributed by atoms with Gasteiger partial charge in [0.1, 0.15) is 5.54 Å². The van der Waals surface area contributed by atoms with Gasteiger partial charge in [-0.1, -0.05) is 29.8 Å². The smallest absolute Gasteiger partial charge is 0.319 e. The van der Waals surface area contributed by atoms with Crippen LogP contribution in [-0.2, 0) is 16.9 Å². The number of amides is 3. The number of carbonyl (C=O) groups excluding carboxylic acids is 2. The summed E-state index contributed by atoms with van der Waals surface area (Å²) in [4.78, 5) is 25.3. The lowest BCUT2D eigenvalue weighted by Gasteiger charge is -2.23. The molecule has 0 bridgehead atoms. The molecule has 1 N–H and O–H groups in total. The number of halogens is 6. The summed E-state index contributed by atoms with van der Waals surface area (Å²) in [6.45, 7) is 0.170. The van der Waals surface area contributed by atoms with Crippen molar-refractivity contribution in [3.63, 3.8) is 0 Å². The van der Waals surface area contributed by atoms with Crippen molar-refractivity contribution in [3.05, 3.63) is 69.5 Å². The Morgan fingerprint density at radius 1 is 0.963 bits per heavy atom. The van der Waals surface area contributed by atoms with Gasteiger partial charge in [-0.05, 0) is 13.0 Å². The van der Waals surface area contributed by atoms with Crippen molar-refractivity contribution in [2.45, 2.75) is 19.0 Å². The lowest BCUT2D eigenvalue weighted by Crippen LogP contribution is -2.41. The van der Waals surface area contributed by atoms with Crippen LogP contribution < -0.4 is 5.32 Å². The molecule has 1 heterocycles. The van der Waals surface area contributed by atoms with Gasteiger partial charge in [0.05, 0.1) is 6.54 Å². The van der Waals surface area contributed by atoms with E-state index in [0.29, 0.717) is 4.90 Å². The first-order valence-corrected chi connectivity index (χ1v) is 7.86. The number of nitrogens with zero attached hydrogens (tertiary/aromatic N) is 1. The number of imide groups is 1. The number of urea groups is 1. The van der Waals surface area contributed by atoms with Crippen LogP contribution in [0.25, 0.3) is 0 Å². The lowest BCUT2D eigenvalue weighted by molar-refractivity contribution is -0.131. The van der Waals surface area contributed by atoms with Crippen LogP contribution in [0.4, 0.5) is 26.7 Å². The zero-order valence-electron chi connectivity index (χ0n) is 13.5. The van der Waals surface area contributed by atoms with Gasteiger partial charge in [-0.25, -0.2) is 26.7 Å². The Morgan fingerprint density at radius 3 is 2.04 bits per heavy atom. The average molecular weight is 405 g/mol. The fraction of sp³-hybridized carbons (Fsp3) is 0.176. The number of carbonyl (C=O) groups is 2. The molecule has 142 valence electrons. The minimum absolute atomic E-state index is 0.145. The quantitative estimate of drug-likeness (QED) is 0.364. The summed E-state index contributed by atoms with van der Waals surface area (Å²) in [5.41, 5.74) is -2.75. The molecule has 0 saturated carbocycles. The van der Waals surface area contributed by atoms with Crippen molar-refractivity contribution in [3.8, 4) is 0 Å². The van der Waals surface area contributed by atoms with Crippen molar-refractivity contribution in [1.82, 2.24) is 10.2 Å². The van der Waals surface area contributed by atoms with Crippen LogP contribution in [-0.4, -0.2) is 16.8 Å². The second-order valence-electron chi connectivity index (χ2n) is 5.97. The van der Waals surface area contributed by atoms with Crippen LogP contribution >= 0.6 is 11.6 Å². The highest BCUT2D eigenvalue weighted by atomic mass is 35.5. The van der Waals surface area contributed by atoms with Crippen LogP contribution in [0, 0.1) is 29.1 Å². The van der Waals surface area contributed by atoms with E-state index in [2.05, 4.69) is 5.32 Å². The normalized spacial score (nSPS) is 19.6. The molecule has 4 nitrogen and oxygen atoms in total. The molecule has 1 saturated heterocycles. The molecular formula is C17H10ClF5N2O2. The van der Waals surface area contributed by atoms with Gasteiger partial charge in [0, 0.05) is 16.1 Å². The molecule has 10 heteroatoms. The van der Waals surface area contributed by atoms with Gasteiger partial charge >= 0.3 is 6.03 Å². The summed E-state index contributed by atoms with van der Waals surface area (Å²) in [7, 11) is 0. The third kappa shape index (κ3) is 2.82. The van der Waals surface area contributed by atoms with E-state index in [1.54, 1.807) is 12.1 Å². The van der Waals surface area contributed by atoms with Gasteiger partial charge in [0.25, 0.3) is 5.91 Å². The number of nitrogens with one attached hydrogen (secondary N) is 1. The fourth-order valence-electron chi connectivity index (χ4n) is 2.84. The van der Waals surface area contributed by atoms with E-state index < -0.39 is 58.7 Å². The van der Waals surface area contributed by atoms with Crippen LogP contribution in [0.1, 0.15) is 18.1 Å². The first-order chi connectivity index (χ1) is 12.6. The summed E-state index contributed by atoms with van der Waals surface area (Å²) in [6, 6.07) is 5.00. The molecule has 1 unspecified atom stereocenters. The Hall–Kier alpha value is -2.68. The van der Waals surface area contributed by atoms with Gasteiger partial charge in [-0.3, -0.25) is 9.69 Å². The fourth-order valence-corrected chi connectivity index (χ4v) is 3.16. The predicted octanol–water partition coefficient (Wildman–Crippen LogP) is 4.00. The van der Waals surface area contributed by atoms with E-state index in [1.165, 1.54) is 19.1 Å². The third-order valence-electron chi connectivity index (χ3n) is 4.30. The Morgan fingerprint density at radius 2 is 1.48 bits per heavy atom. The maximum absolute atomic E-state index is 13.9. The SMILES string of the molecule is CC1(c2ccccc2Cl)NC(=O)N(Cc2c(F)c(F)c(F)c(F)c2F)C1=O. The van der Waals surface area contributed by atoms with Gasteiger partial charge in [-0.2, -0.15) is 0 Å². The Bertz CT molecular complexity index is 955. The summed E-state index contributed by atoms with van der Waals surface area (Å²) < 4.78 is 67.6. The zero-order chi connectivity index (χ0) is 20.1. The molecule has 0 spiro atoms. The molecule has 2 aromatic rings. The molecule has 3 amide bonds. The summed E-state index contributed by atoms with van der Waals surface area (Å²) >= 11 is 6.04. The van der Waals surface area contributed by atoms with Crippen LogP contribution in [0.2, 0.25) is 5.02 Å². The topological polar surface area (TPSA) is 49.4 Å². The molecule has 3 rings (SSSR count). The molecule has 1 aliphatic rings. The van der Waals surface area contributed by atoms with Crippen LogP contribution in [0.15, 0.2) is 24.3 Å². The van der Waals surface area contributed by atoms with E-state index in [1.807, 2.05) is 0 Å². The van der Waals surface area contributed by atoms with E-state index in [-0.39, 0.29) is 10.6 Å². The number of hydrogen-bond acceptors (Lipinski definition) is 2. The molecule has 0 radical (unpaired) electrons. The molecule has 1 atom stereocenters. The van der Waals surface area contributed by atoms with E-state index in [9.17, 15) is 31.5 Å². The Kier molecular flexibility index (Phi) is 4.59. The Balaban J connectivity index is 2.03. The number of benzene rings is 2. The van der Waals surface area contributed by atoms with Crippen LogP contribution in [0.3, 0.4) is 0 Å². The molecule has 0 aliphatic carbocycles. The van der Waals surface area contributed by atoms with E-state index in [0.717, 1.165) is 0 Å². The summed E-state index contributed by atoms with van der Waals surface area (Å²) in [6.07, 6.45) is 0. The maximum Gasteiger partial charge on any atom is 0.325 e. The van der Waals surface area contributed by atoms with Crippen molar-refractivity contribution < 1.29 is 31.5 Å². The minimum atomic E-state index is -2.33. The first-order valence-electron chi connectivity index (χ1n) is 7.49. The summed E-state index contributed by atoms with van der Waals surface area (Å²) in [5, 5.41) is 2.48. The standard InChI is InChI=1S/C17H10ClF5N2O2/c1-17(8-4-2-3-5-9(8)18)15(26)25(16(27)24-17)6-7-10(19)12(21)14(23)13(22)11(7)20/h2-5H,6H2,1H3,(H,24,27). The van der Waals surface area contributed by atoms with Gasteiger partial charge in [0.2, 0.25) is 5.82 Å². The van der Waals surface area contributed by atoms with Gasteiger partial charge in [-0.15, -0.1) is 0 Å². The van der Waals surface area contributed by atoms with Crippen LogP contribution in [0.5, 0.6) is 0 Å². The molecule has 1 fully saturated rings. The zero-order valence-corrected chi connectivity index (χ0v) is 14.3. The predicted molar refractivity (Wildman–Crippen MR) is 84.1 cm³/mol. The Labute approximate surface area is 154 Å². The molecule has 2 aromatic carbocycles. The maximum atomic E-state index is 13.9. The average Bonchev–Trinajstić information content (AvgIpc) is 2.85. The van der Waals surface area contributed by atoms with Gasteiger partial charge < -0.3 is 5.32 Å². The highest BCUT2D eigenvalue weighted by Crippen LogP contribution is 2.35. The number of rotatable bonds is 3. The minimum Gasteiger partial charge on any atom is -0.319 e. The van der Waals surface area contributed by atoms with Gasteiger partial charge in [0.15, 0.2) is 23.3 Å². The largest absolute Gasteiger partial charge is 0.325 e. The monoisotopic (exact) mass is 404 g/mol. The molecular weight excluding hydrogens is 395 g/mol. The van der Waals surface area contributed by atoms with Crippen molar-refractivity contribution >= 4 is 23.5 Å². The van der Waals surface area contributed by atoms with E-state index >= 15 is 0 Å². The highest BCUT2D eigenvalue weighted by molar-refractivity contribution is 6.32. The van der Waals surface area contributed by atoms with Crippen molar-refractivity contribution in [1.29, 1.82) is 0 Å². The second kappa shape index (κ2) is 6.49. The first kappa shape index (κ1) is 19.1. The molecule has 27 heavy (non-hydrogen) atoms. The van der Waals surface area contributed by atoms with E-state index in [4.69, 9.17) is 11.6 Å². The molecule has 0 aromatic heterocycles. The molecule has 1 aliphatic heterocycles. The summed E-state index contributed by atoms with van der Waals surface area (Å²) in [5.74, 6) is -11.8.